The number of ether oxygens (including phenoxy) is 3. The Morgan fingerprint density at radius 3 is 1.65 bits per heavy atom. The Kier molecular flexibility index (Phi) is 5.63. The van der Waals surface area contributed by atoms with Crippen molar-refractivity contribution < 1.29 is 14.2 Å². The summed E-state index contributed by atoms with van der Waals surface area (Å²) in [5.74, 6) is 1.63. The number of aromatic nitrogens is 3. The van der Waals surface area contributed by atoms with Crippen LogP contribution in [0, 0.1) is 0 Å². The first-order valence-corrected chi connectivity index (χ1v) is 8.50. The Hall–Kier alpha value is -3.15. The first-order valence-electron chi connectivity index (χ1n) is 8.50. The van der Waals surface area contributed by atoms with Crippen molar-refractivity contribution in [2.75, 3.05) is 20.3 Å². The zero-order valence-electron chi connectivity index (χ0n) is 15.1. The molecule has 2 aromatic carbocycles. The van der Waals surface area contributed by atoms with Gasteiger partial charge >= 0.3 is 6.01 Å². The van der Waals surface area contributed by atoms with Crippen molar-refractivity contribution in [2.45, 2.75) is 13.8 Å². The molecule has 6 nitrogen and oxygen atoms in total. The fourth-order valence-corrected chi connectivity index (χ4v) is 2.54. The predicted molar refractivity (Wildman–Crippen MR) is 99.6 cm³/mol. The third-order valence-corrected chi connectivity index (χ3v) is 3.73. The molecule has 0 aliphatic rings. The van der Waals surface area contributed by atoms with Gasteiger partial charge in [-0.1, -0.05) is 5.10 Å². The predicted octanol–water partition coefficient (Wildman–Crippen LogP) is 4.01. The Bertz CT molecular complexity index is 849. The van der Waals surface area contributed by atoms with Crippen molar-refractivity contribution >= 4 is 0 Å². The number of methoxy groups -OCH3 is 1. The minimum absolute atomic E-state index is 0.226. The van der Waals surface area contributed by atoms with E-state index in [2.05, 4.69) is 15.2 Å². The molecule has 0 saturated carbocycles. The van der Waals surface area contributed by atoms with E-state index in [1.807, 2.05) is 62.4 Å². The lowest BCUT2D eigenvalue weighted by Crippen LogP contribution is -2.01. The molecule has 1 heterocycles. The van der Waals surface area contributed by atoms with Crippen molar-refractivity contribution in [3.63, 3.8) is 0 Å². The van der Waals surface area contributed by atoms with E-state index in [1.165, 1.54) is 7.11 Å². The molecule has 0 bridgehead atoms. The van der Waals surface area contributed by atoms with Crippen LogP contribution in [0.1, 0.15) is 13.8 Å². The average Bonchev–Trinajstić information content (AvgIpc) is 2.69. The van der Waals surface area contributed by atoms with Crippen molar-refractivity contribution in [3.05, 3.63) is 48.5 Å². The Balaban J connectivity index is 2.02. The van der Waals surface area contributed by atoms with Gasteiger partial charge < -0.3 is 14.2 Å². The standard InChI is InChI=1S/C20H21N3O3/c1-4-25-16-10-6-14(7-11-16)18-19(22-23-20(21-18)24-3)15-8-12-17(13-9-15)26-5-2/h6-13H,4-5H2,1-3H3. The summed E-state index contributed by atoms with van der Waals surface area (Å²) >= 11 is 0. The Labute approximate surface area is 152 Å². The SMILES string of the molecule is CCOc1ccc(-c2nnc(OC)nc2-c2ccc(OCC)cc2)cc1. The lowest BCUT2D eigenvalue weighted by atomic mass is 10.0. The zero-order valence-corrected chi connectivity index (χ0v) is 15.1. The van der Waals surface area contributed by atoms with Crippen molar-refractivity contribution in [1.29, 1.82) is 0 Å². The van der Waals surface area contributed by atoms with Gasteiger partial charge in [0, 0.05) is 11.1 Å². The Morgan fingerprint density at radius 2 is 1.19 bits per heavy atom. The minimum Gasteiger partial charge on any atom is -0.494 e. The van der Waals surface area contributed by atoms with E-state index in [0.29, 0.717) is 24.6 Å². The third-order valence-electron chi connectivity index (χ3n) is 3.73. The summed E-state index contributed by atoms with van der Waals surface area (Å²) in [5, 5.41) is 8.35. The number of nitrogens with zero attached hydrogens (tertiary/aromatic N) is 3. The molecule has 0 fully saturated rings. The van der Waals surface area contributed by atoms with Crippen LogP contribution in [0.25, 0.3) is 22.5 Å². The number of hydrogen-bond donors (Lipinski definition) is 0. The van der Waals surface area contributed by atoms with E-state index in [1.54, 1.807) is 0 Å². The maximum atomic E-state index is 5.51. The van der Waals surface area contributed by atoms with Crippen LogP contribution < -0.4 is 14.2 Å². The highest BCUT2D eigenvalue weighted by atomic mass is 16.5. The van der Waals surface area contributed by atoms with Crippen molar-refractivity contribution in [3.8, 4) is 40.0 Å². The van der Waals surface area contributed by atoms with E-state index in [4.69, 9.17) is 14.2 Å². The van der Waals surface area contributed by atoms with Crippen LogP contribution in [0.3, 0.4) is 0 Å². The van der Waals surface area contributed by atoms with Crippen LogP contribution in [0.4, 0.5) is 0 Å². The molecule has 1 aromatic heterocycles. The largest absolute Gasteiger partial charge is 0.494 e. The van der Waals surface area contributed by atoms with E-state index in [9.17, 15) is 0 Å². The second-order valence-corrected chi connectivity index (χ2v) is 5.41. The van der Waals surface area contributed by atoms with Gasteiger partial charge in [0.1, 0.15) is 22.9 Å². The molecule has 0 atom stereocenters. The highest BCUT2D eigenvalue weighted by Crippen LogP contribution is 2.31. The summed E-state index contributed by atoms with van der Waals surface area (Å²) in [5.41, 5.74) is 3.19. The van der Waals surface area contributed by atoms with Gasteiger partial charge in [-0.05, 0) is 62.4 Å². The van der Waals surface area contributed by atoms with E-state index < -0.39 is 0 Å². The summed E-state index contributed by atoms with van der Waals surface area (Å²) in [6.45, 7) is 5.16. The maximum Gasteiger partial charge on any atom is 0.336 e. The second-order valence-electron chi connectivity index (χ2n) is 5.41. The first kappa shape index (κ1) is 17.7. The quantitative estimate of drug-likeness (QED) is 0.641. The summed E-state index contributed by atoms with van der Waals surface area (Å²) in [4.78, 5) is 4.50. The molecule has 0 amide bonds. The monoisotopic (exact) mass is 351 g/mol. The van der Waals surface area contributed by atoms with Crippen molar-refractivity contribution in [2.24, 2.45) is 0 Å². The minimum atomic E-state index is 0.226. The lowest BCUT2D eigenvalue weighted by molar-refractivity contribution is 0.340. The molecule has 0 N–H and O–H groups in total. The molecule has 0 aliphatic carbocycles. The van der Waals surface area contributed by atoms with Crippen LogP contribution in [-0.4, -0.2) is 35.5 Å². The first-order chi connectivity index (χ1) is 12.7. The molecule has 0 spiro atoms. The van der Waals surface area contributed by atoms with E-state index in [0.717, 1.165) is 22.6 Å². The molecule has 0 saturated heterocycles. The van der Waals surface area contributed by atoms with Crippen LogP contribution in [-0.2, 0) is 0 Å². The molecule has 0 radical (unpaired) electrons. The topological polar surface area (TPSA) is 66.4 Å². The molecule has 6 heteroatoms. The van der Waals surface area contributed by atoms with Gasteiger partial charge in [0.2, 0.25) is 0 Å². The normalized spacial score (nSPS) is 10.4. The zero-order chi connectivity index (χ0) is 18.4. The van der Waals surface area contributed by atoms with E-state index >= 15 is 0 Å². The van der Waals surface area contributed by atoms with Gasteiger partial charge in [-0.25, -0.2) is 0 Å². The van der Waals surface area contributed by atoms with Gasteiger partial charge in [0.25, 0.3) is 0 Å². The van der Waals surface area contributed by atoms with Gasteiger partial charge in [-0.2, -0.15) is 4.98 Å². The van der Waals surface area contributed by atoms with Gasteiger partial charge in [0.15, 0.2) is 0 Å². The molecular weight excluding hydrogens is 330 g/mol. The fourth-order valence-electron chi connectivity index (χ4n) is 2.54. The highest BCUT2D eigenvalue weighted by molar-refractivity contribution is 5.78. The third kappa shape index (κ3) is 3.91. The van der Waals surface area contributed by atoms with Gasteiger partial charge in [-0.15, -0.1) is 5.10 Å². The molecule has 3 rings (SSSR count). The molecular formula is C20H21N3O3. The lowest BCUT2D eigenvalue weighted by Gasteiger charge is -2.10. The van der Waals surface area contributed by atoms with Crippen molar-refractivity contribution in [1.82, 2.24) is 15.2 Å². The average molecular weight is 351 g/mol. The second kappa shape index (κ2) is 8.29. The summed E-state index contributed by atoms with van der Waals surface area (Å²) in [7, 11) is 1.52. The van der Waals surface area contributed by atoms with Crippen LogP contribution in [0.2, 0.25) is 0 Å². The highest BCUT2D eigenvalue weighted by Gasteiger charge is 2.14. The molecule has 0 aliphatic heterocycles. The Morgan fingerprint density at radius 1 is 0.692 bits per heavy atom. The smallest absolute Gasteiger partial charge is 0.336 e. The van der Waals surface area contributed by atoms with Crippen LogP contribution >= 0.6 is 0 Å². The molecule has 134 valence electrons. The van der Waals surface area contributed by atoms with Crippen LogP contribution in [0.15, 0.2) is 48.5 Å². The number of hydrogen-bond acceptors (Lipinski definition) is 6. The van der Waals surface area contributed by atoms with E-state index in [-0.39, 0.29) is 6.01 Å². The fraction of sp³-hybridized carbons (Fsp3) is 0.250. The van der Waals surface area contributed by atoms with Crippen LogP contribution in [0.5, 0.6) is 17.5 Å². The summed E-state index contributed by atoms with van der Waals surface area (Å²) < 4.78 is 16.2. The molecule has 26 heavy (non-hydrogen) atoms. The van der Waals surface area contributed by atoms with Gasteiger partial charge in [0.05, 0.1) is 20.3 Å². The maximum absolute atomic E-state index is 5.51. The number of rotatable bonds is 7. The molecule has 0 unspecified atom stereocenters. The summed E-state index contributed by atoms with van der Waals surface area (Å²) in [6, 6.07) is 15.7. The molecule has 3 aromatic rings. The van der Waals surface area contributed by atoms with Gasteiger partial charge in [-0.3, -0.25) is 0 Å². The summed E-state index contributed by atoms with van der Waals surface area (Å²) in [6.07, 6.45) is 0. The number of benzene rings is 2.